The zero-order chi connectivity index (χ0) is 25.6. The second-order valence-corrected chi connectivity index (χ2v) is 8.26. The molecule has 34 heavy (non-hydrogen) atoms. The van der Waals surface area contributed by atoms with E-state index < -0.39 is 0 Å². The zero-order valence-electron chi connectivity index (χ0n) is 22.0. The predicted octanol–water partition coefficient (Wildman–Crippen LogP) is 5.33. The van der Waals surface area contributed by atoms with Crippen molar-refractivity contribution in [1.29, 1.82) is 0 Å². The van der Waals surface area contributed by atoms with E-state index in [1.54, 1.807) is 0 Å². The molecule has 0 unspecified atom stereocenters. The Bertz CT molecular complexity index is 768. The summed E-state index contributed by atoms with van der Waals surface area (Å²) in [6.45, 7) is 16.0. The molecular weight excluding hydrogens is 446 g/mol. The summed E-state index contributed by atoms with van der Waals surface area (Å²) >= 11 is 1.39. The minimum absolute atomic E-state index is 0.0962. The summed E-state index contributed by atoms with van der Waals surface area (Å²) in [5, 5.41) is 15.4. The molecule has 1 aromatic carbocycles. The van der Waals surface area contributed by atoms with Gasteiger partial charge < -0.3 is 15.5 Å². The van der Waals surface area contributed by atoms with E-state index in [0.29, 0.717) is 24.5 Å². The van der Waals surface area contributed by atoms with Crippen molar-refractivity contribution >= 4 is 28.3 Å². The highest BCUT2D eigenvalue weighted by Gasteiger charge is 2.09. The van der Waals surface area contributed by atoms with E-state index in [4.69, 9.17) is 0 Å². The van der Waals surface area contributed by atoms with Crippen LogP contribution in [0.5, 0.6) is 0 Å². The molecule has 0 aliphatic heterocycles. The van der Waals surface area contributed by atoms with Gasteiger partial charge in [-0.2, -0.15) is 0 Å². The van der Waals surface area contributed by atoms with Crippen molar-refractivity contribution in [2.45, 2.75) is 80.1 Å². The SMILES string of the molecule is CC.CC.CCCN(CC)CCNC(=O)CCCCc1nnc(NC(=O)Cc2ccccc2)s1. The van der Waals surface area contributed by atoms with E-state index in [1.807, 2.05) is 58.0 Å². The van der Waals surface area contributed by atoms with Crippen molar-refractivity contribution in [3.8, 4) is 0 Å². The number of likely N-dealkylation sites (N-methyl/N-ethyl adjacent to an activating group) is 1. The summed E-state index contributed by atoms with van der Waals surface area (Å²) in [5.74, 6) is 0.00910. The van der Waals surface area contributed by atoms with Gasteiger partial charge in [0.2, 0.25) is 16.9 Å². The molecule has 1 heterocycles. The number of unbranched alkanes of at least 4 members (excludes halogenated alkanes) is 1. The van der Waals surface area contributed by atoms with Gasteiger partial charge in [-0.05, 0) is 37.9 Å². The molecule has 2 rings (SSSR count). The highest BCUT2D eigenvalue weighted by molar-refractivity contribution is 7.15. The van der Waals surface area contributed by atoms with Crippen LogP contribution in [-0.2, 0) is 22.4 Å². The van der Waals surface area contributed by atoms with Gasteiger partial charge in [0.25, 0.3) is 0 Å². The second-order valence-electron chi connectivity index (χ2n) is 7.20. The molecule has 2 amide bonds. The zero-order valence-corrected chi connectivity index (χ0v) is 22.8. The largest absolute Gasteiger partial charge is 0.355 e. The maximum Gasteiger partial charge on any atom is 0.230 e. The van der Waals surface area contributed by atoms with Crippen molar-refractivity contribution in [1.82, 2.24) is 20.4 Å². The lowest BCUT2D eigenvalue weighted by molar-refractivity contribution is -0.121. The molecule has 7 nitrogen and oxygen atoms in total. The molecule has 192 valence electrons. The summed E-state index contributed by atoms with van der Waals surface area (Å²) in [6.07, 6.45) is 4.43. The lowest BCUT2D eigenvalue weighted by atomic mass is 10.1. The number of amides is 2. The van der Waals surface area contributed by atoms with E-state index in [2.05, 4.69) is 39.6 Å². The minimum Gasteiger partial charge on any atom is -0.355 e. The van der Waals surface area contributed by atoms with Crippen LogP contribution in [0.1, 0.15) is 77.8 Å². The molecule has 0 saturated heterocycles. The van der Waals surface area contributed by atoms with Gasteiger partial charge in [-0.25, -0.2) is 0 Å². The van der Waals surface area contributed by atoms with Crippen LogP contribution < -0.4 is 10.6 Å². The lowest BCUT2D eigenvalue weighted by Crippen LogP contribution is -2.35. The summed E-state index contributed by atoms with van der Waals surface area (Å²) in [7, 11) is 0. The number of rotatable bonds is 14. The first kappa shape index (κ1) is 31.7. The maximum atomic E-state index is 12.1. The Morgan fingerprint density at radius 2 is 1.65 bits per heavy atom. The smallest absolute Gasteiger partial charge is 0.230 e. The number of carbonyl (C=O) groups is 2. The molecule has 0 radical (unpaired) electrons. The summed E-state index contributed by atoms with van der Waals surface area (Å²) in [4.78, 5) is 26.4. The quantitative estimate of drug-likeness (QED) is 0.349. The number of carbonyl (C=O) groups excluding carboxylic acids is 2. The molecule has 0 fully saturated rings. The highest BCUT2D eigenvalue weighted by Crippen LogP contribution is 2.18. The van der Waals surface area contributed by atoms with Gasteiger partial charge in [-0.1, -0.05) is 83.2 Å². The monoisotopic (exact) mass is 491 g/mol. The standard InChI is InChI=1S/C22H33N5O2S.2C2H6/c1-3-15-27(4-2)16-14-23-19(28)12-8-9-13-21-25-26-22(30-21)24-20(29)17-18-10-6-5-7-11-18;2*1-2/h5-7,10-11H,3-4,8-9,12-17H2,1-2H3,(H,23,28)(H,24,26,29);2*1-2H3. The Kier molecular flexibility index (Phi) is 19.8. The van der Waals surface area contributed by atoms with E-state index in [1.165, 1.54) is 11.3 Å². The lowest BCUT2D eigenvalue weighted by Gasteiger charge is -2.19. The molecule has 0 atom stereocenters. The number of aromatic nitrogens is 2. The fraction of sp³-hybridized carbons (Fsp3) is 0.615. The Morgan fingerprint density at radius 3 is 2.29 bits per heavy atom. The maximum absolute atomic E-state index is 12.1. The fourth-order valence-corrected chi connectivity index (χ4v) is 3.90. The number of anilines is 1. The topological polar surface area (TPSA) is 87.2 Å². The number of hydrogen-bond acceptors (Lipinski definition) is 6. The fourth-order valence-electron chi connectivity index (χ4n) is 3.10. The third-order valence-corrected chi connectivity index (χ3v) is 5.60. The Labute approximate surface area is 210 Å². The number of benzene rings is 1. The first-order chi connectivity index (χ1) is 16.6. The van der Waals surface area contributed by atoms with E-state index in [-0.39, 0.29) is 11.8 Å². The van der Waals surface area contributed by atoms with Gasteiger partial charge in [-0.15, -0.1) is 10.2 Å². The highest BCUT2D eigenvalue weighted by atomic mass is 32.1. The van der Waals surface area contributed by atoms with E-state index in [9.17, 15) is 9.59 Å². The predicted molar refractivity (Wildman–Crippen MR) is 144 cm³/mol. The molecular formula is C26H45N5O2S. The van der Waals surface area contributed by atoms with Crippen LogP contribution in [-0.4, -0.2) is 53.1 Å². The van der Waals surface area contributed by atoms with E-state index >= 15 is 0 Å². The molecule has 0 aliphatic rings. The van der Waals surface area contributed by atoms with Gasteiger partial charge in [-0.3, -0.25) is 9.59 Å². The molecule has 1 aromatic heterocycles. The normalized spacial score (nSPS) is 9.97. The average molecular weight is 492 g/mol. The first-order valence-electron chi connectivity index (χ1n) is 12.8. The summed E-state index contributed by atoms with van der Waals surface area (Å²) < 4.78 is 0. The number of hydrogen-bond donors (Lipinski definition) is 2. The average Bonchev–Trinajstić information content (AvgIpc) is 3.31. The van der Waals surface area contributed by atoms with Gasteiger partial charge in [0.15, 0.2) is 0 Å². The van der Waals surface area contributed by atoms with Crippen molar-refractivity contribution in [2.75, 3.05) is 31.5 Å². The summed E-state index contributed by atoms with van der Waals surface area (Å²) in [6, 6.07) is 9.60. The molecule has 0 saturated carbocycles. The van der Waals surface area contributed by atoms with Gasteiger partial charge in [0.05, 0.1) is 6.42 Å². The van der Waals surface area contributed by atoms with Crippen molar-refractivity contribution in [2.24, 2.45) is 0 Å². The molecule has 8 heteroatoms. The van der Waals surface area contributed by atoms with Crippen LogP contribution in [0, 0.1) is 0 Å². The molecule has 0 aliphatic carbocycles. The minimum atomic E-state index is -0.0962. The third kappa shape index (κ3) is 14.8. The van der Waals surface area contributed by atoms with Crippen LogP contribution in [0.4, 0.5) is 5.13 Å². The van der Waals surface area contributed by atoms with Crippen molar-refractivity contribution in [3.63, 3.8) is 0 Å². The van der Waals surface area contributed by atoms with Crippen molar-refractivity contribution in [3.05, 3.63) is 40.9 Å². The van der Waals surface area contributed by atoms with E-state index in [0.717, 1.165) is 55.9 Å². The number of aryl methyl sites for hydroxylation is 1. The van der Waals surface area contributed by atoms with Gasteiger partial charge >= 0.3 is 0 Å². The van der Waals surface area contributed by atoms with Crippen LogP contribution in [0.25, 0.3) is 0 Å². The van der Waals surface area contributed by atoms with Crippen molar-refractivity contribution < 1.29 is 9.59 Å². The first-order valence-corrected chi connectivity index (χ1v) is 13.6. The molecule has 0 bridgehead atoms. The number of nitrogens with zero attached hydrogens (tertiary/aromatic N) is 3. The summed E-state index contributed by atoms with van der Waals surface area (Å²) in [5.41, 5.74) is 0.964. The van der Waals surface area contributed by atoms with Gasteiger partial charge in [0, 0.05) is 25.9 Å². The van der Waals surface area contributed by atoms with Crippen LogP contribution in [0.2, 0.25) is 0 Å². The Balaban J connectivity index is 0.00000258. The Hall–Kier alpha value is -2.32. The second kappa shape index (κ2) is 21.2. The molecule has 2 N–H and O–H groups in total. The molecule has 2 aromatic rings. The molecule has 0 spiro atoms. The van der Waals surface area contributed by atoms with Gasteiger partial charge in [0.1, 0.15) is 5.01 Å². The third-order valence-electron chi connectivity index (χ3n) is 4.70. The number of nitrogens with one attached hydrogen (secondary N) is 2. The van der Waals surface area contributed by atoms with Crippen LogP contribution in [0.15, 0.2) is 30.3 Å². The van der Waals surface area contributed by atoms with Crippen LogP contribution in [0.3, 0.4) is 0 Å². The van der Waals surface area contributed by atoms with Crippen LogP contribution >= 0.6 is 11.3 Å². The Morgan fingerprint density at radius 1 is 0.941 bits per heavy atom.